The van der Waals surface area contributed by atoms with E-state index < -0.39 is 0 Å². The van der Waals surface area contributed by atoms with Crippen LogP contribution >= 0.6 is 0 Å². The van der Waals surface area contributed by atoms with E-state index in [4.69, 9.17) is 4.74 Å². The van der Waals surface area contributed by atoms with Gasteiger partial charge in [-0.25, -0.2) is 0 Å². The number of rotatable bonds is 0. The first kappa shape index (κ1) is 3.90. The molecule has 2 fully saturated rings. The molecule has 2 rings (SSSR count). The topological polar surface area (TPSA) is 9.23 Å². The van der Waals surface area contributed by atoms with Crippen LogP contribution in [0.3, 0.4) is 0 Å². The maximum absolute atomic E-state index is 5.47. The highest BCUT2D eigenvalue weighted by atomic mass is 16.5. The molecular weight excluding hydrogens is 88.1 g/mol. The minimum absolute atomic E-state index is 0.671. The Hall–Kier alpha value is -0.0400. The second kappa shape index (κ2) is 1.22. The van der Waals surface area contributed by atoms with Crippen LogP contribution in [0.1, 0.15) is 25.7 Å². The molecule has 1 nitrogen and oxygen atoms in total. The van der Waals surface area contributed by atoms with Gasteiger partial charge in [-0.2, -0.15) is 0 Å². The fraction of sp³-hybridized carbons (Fsp3) is 1.00. The Kier molecular flexibility index (Phi) is 0.680. The molecule has 0 atom stereocenters. The van der Waals surface area contributed by atoms with Crippen LogP contribution < -0.4 is 0 Å². The molecule has 0 aromatic rings. The number of ether oxygens (including phenoxy) is 1. The van der Waals surface area contributed by atoms with E-state index in [1.807, 2.05) is 0 Å². The molecule has 2 aliphatic rings. The lowest BCUT2D eigenvalue weighted by molar-refractivity contribution is 0.105. The van der Waals surface area contributed by atoms with Crippen molar-refractivity contribution >= 4 is 0 Å². The molecule has 40 valence electrons. The third-order valence-corrected chi connectivity index (χ3v) is 2.01. The maximum Gasteiger partial charge on any atom is 0.0580 e. The van der Waals surface area contributed by atoms with Crippen molar-refractivity contribution in [3.05, 3.63) is 0 Å². The molecule has 7 heavy (non-hydrogen) atoms. The zero-order chi connectivity index (χ0) is 4.69. The lowest BCUT2D eigenvalue weighted by atomic mass is 10.0. The largest absolute Gasteiger partial charge is 0.375 e. The van der Waals surface area contributed by atoms with Crippen LogP contribution in [-0.4, -0.2) is 12.2 Å². The van der Waals surface area contributed by atoms with Gasteiger partial charge in [0.05, 0.1) is 12.2 Å². The van der Waals surface area contributed by atoms with Crippen LogP contribution in [0.2, 0.25) is 0 Å². The van der Waals surface area contributed by atoms with E-state index in [1.165, 1.54) is 25.7 Å². The van der Waals surface area contributed by atoms with Crippen LogP contribution in [-0.2, 0) is 4.74 Å². The standard InChI is InChI=1S/C6H10O/c1-2-6-4-3-5(1)7-6/h5-6H,1-4H2. The van der Waals surface area contributed by atoms with Gasteiger partial charge in [-0.05, 0) is 25.7 Å². The second-order valence-corrected chi connectivity index (χ2v) is 2.53. The van der Waals surface area contributed by atoms with Gasteiger partial charge in [-0.15, -0.1) is 0 Å². The molecule has 2 saturated heterocycles. The van der Waals surface area contributed by atoms with Crippen LogP contribution in [0.4, 0.5) is 0 Å². The van der Waals surface area contributed by atoms with Gasteiger partial charge in [0.2, 0.25) is 0 Å². The predicted molar refractivity (Wildman–Crippen MR) is 27.1 cm³/mol. The van der Waals surface area contributed by atoms with Crippen LogP contribution in [0.15, 0.2) is 0 Å². The molecule has 0 aliphatic carbocycles. The summed E-state index contributed by atoms with van der Waals surface area (Å²) >= 11 is 0. The van der Waals surface area contributed by atoms with Crippen LogP contribution in [0.25, 0.3) is 0 Å². The summed E-state index contributed by atoms with van der Waals surface area (Å²) in [6.45, 7) is 0. The molecule has 0 radical (unpaired) electrons. The quantitative estimate of drug-likeness (QED) is 0.444. The molecular formula is C6H10O. The zero-order valence-electron chi connectivity index (χ0n) is 4.39. The van der Waals surface area contributed by atoms with Crippen molar-refractivity contribution in [1.29, 1.82) is 0 Å². The third kappa shape index (κ3) is 0.480. The SMILES string of the molecule is C1CC2CCC1O2. The third-order valence-electron chi connectivity index (χ3n) is 2.01. The Bertz CT molecular complexity index is 62.2. The Labute approximate surface area is 43.7 Å². The van der Waals surface area contributed by atoms with Gasteiger partial charge < -0.3 is 4.74 Å². The first-order chi connectivity index (χ1) is 3.45. The normalized spacial score (nSPS) is 48.0. The molecule has 0 saturated carbocycles. The average molecular weight is 98.1 g/mol. The first-order valence-electron chi connectivity index (χ1n) is 3.10. The smallest absolute Gasteiger partial charge is 0.0580 e. The first-order valence-corrected chi connectivity index (χ1v) is 3.10. The summed E-state index contributed by atoms with van der Waals surface area (Å²) in [4.78, 5) is 0. The summed E-state index contributed by atoms with van der Waals surface area (Å²) in [6.07, 6.45) is 6.69. The van der Waals surface area contributed by atoms with Crippen molar-refractivity contribution in [3.8, 4) is 0 Å². The molecule has 0 unspecified atom stereocenters. The molecule has 0 aromatic carbocycles. The van der Waals surface area contributed by atoms with Gasteiger partial charge in [0, 0.05) is 0 Å². The highest BCUT2D eigenvalue weighted by Gasteiger charge is 2.31. The molecule has 2 aliphatic heterocycles. The minimum atomic E-state index is 0.671. The van der Waals surface area contributed by atoms with Crippen molar-refractivity contribution in [2.45, 2.75) is 37.9 Å². The van der Waals surface area contributed by atoms with Crippen molar-refractivity contribution in [3.63, 3.8) is 0 Å². The van der Waals surface area contributed by atoms with Crippen molar-refractivity contribution < 1.29 is 4.74 Å². The summed E-state index contributed by atoms with van der Waals surface area (Å²) in [5.41, 5.74) is 0. The Balaban J connectivity index is 2.12. The zero-order valence-corrected chi connectivity index (χ0v) is 4.39. The van der Waals surface area contributed by atoms with Crippen LogP contribution in [0.5, 0.6) is 0 Å². The van der Waals surface area contributed by atoms with E-state index in [9.17, 15) is 0 Å². The Morgan fingerprint density at radius 1 is 0.857 bits per heavy atom. The second-order valence-electron chi connectivity index (χ2n) is 2.53. The van der Waals surface area contributed by atoms with Gasteiger partial charge >= 0.3 is 0 Å². The summed E-state index contributed by atoms with van der Waals surface area (Å²) in [7, 11) is 0. The highest BCUT2D eigenvalue weighted by Crippen LogP contribution is 2.33. The van der Waals surface area contributed by atoms with E-state index in [2.05, 4.69) is 0 Å². The maximum atomic E-state index is 5.47. The summed E-state index contributed by atoms with van der Waals surface area (Å²) < 4.78 is 5.47. The molecule has 0 aromatic heterocycles. The summed E-state index contributed by atoms with van der Waals surface area (Å²) in [6, 6.07) is 0. The van der Waals surface area contributed by atoms with Crippen molar-refractivity contribution in [2.24, 2.45) is 0 Å². The lowest BCUT2D eigenvalue weighted by Gasteiger charge is -2.00. The average Bonchev–Trinajstić information content (AvgIpc) is 2.22. The fourth-order valence-corrected chi connectivity index (χ4v) is 1.58. The highest BCUT2D eigenvalue weighted by molar-refractivity contribution is 4.81. The number of hydrogen-bond acceptors (Lipinski definition) is 1. The summed E-state index contributed by atoms with van der Waals surface area (Å²) in [5.74, 6) is 0. The van der Waals surface area contributed by atoms with Gasteiger partial charge in [-0.3, -0.25) is 0 Å². The lowest BCUT2D eigenvalue weighted by Crippen LogP contribution is -1.98. The van der Waals surface area contributed by atoms with E-state index in [0.29, 0.717) is 12.2 Å². The summed E-state index contributed by atoms with van der Waals surface area (Å²) in [5, 5.41) is 0. The monoisotopic (exact) mass is 98.1 g/mol. The van der Waals surface area contributed by atoms with Gasteiger partial charge in [-0.1, -0.05) is 0 Å². The van der Waals surface area contributed by atoms with Gasteiger partial charge in [0.15, 0.2) is 0 Å². The predicted octanol–water partition coefficient (Wildman–Crippen LogP) is 1.33. The van der Waals surface area contributed by atoms with Crippen molar-refractivity contribution in [1.82, 2.24) is 0 Å². The Morgan fingerprint density at radius 2 is 1.29 bits per heavy atom. The van der Waals surface area contributed by atoms with E-state index in [1.54, 1.807) is 0 Å². The molecule has 1 heteroatoms. The molecule has 0 N–H and O–H groups in total. The minimum Gasteiger partial charge on any atom is -0.375 e. The van der Waals surface area contributed by atoms with Crippen molar-refractivity contribution in [2.75, 3.05) is 0 Å². The number of hydrogen-bond donors (Lipinski definition) is 0. The van der Waals surface area contributed by atoms with E-state index >= 15 is 0 Å². The fourth-order valence-electron chi connectivity index (χ4n) is 1.58. The van der Waals surface area contributed by atoms with Gasteiger partial charge in [0.1, 0.15) is 0 Å². The molecule has 0 amide bonds. The molecule has 2 bridgehead atoms. The van der Waals surface area contributed by atoms with Gasteiger partial charge in [0.25, 0.3) is 0 Å². The Morgan fingerprint density at radius 3 is 1.43 bits per heavy atom. The van der Waals surface area contributed by atoms with Crippen LogP contribution in [0, 0.1) is 0 Å². The molecule has 0 spiro atoms. The van der Waals surface area contributed by atoms with E-state index in [-0.39, 0.29) is 0 Å². The van der Waals surface area contributed by atoms with E-state index in [0.717, 1.165) is 0 Å². The number of fused-ring (bicyclic) bond motifs is 2. The molecule has 2 heterocycles.